The summed E-state index contributed by atoms with van der Waals surface area (Å²) < 4.78 is 10.4. The molecule has 2 aromatic rings. The second-order valence-electron chi connectivity index (χ2n) is 6.63. The number of aryl methyl sites for hydroxylation is 2. The molecule has 0 amide bonds. The lowest BCUT2D eigenvalue weighted by molar-refractivity contribution is -0.137. The Balaban J connectivity index is 2.28. The number of methoxy groups -OCH3 is 1. The van der Waals surface area contributed by atoms with E-state index in [0.717, 1.165) is 22.5 Å². The fourth-order valence-electron chi connectivity index (χ4n) is 3.03. The normalized spacial score (nSPS) is 12.7. The topological polar surface area (TPSA) is 35.5 Å². The predicted molar refractivity (Wildman–Crippen MR) is 113 cm³/mol. The number of benzene rings is 2. The van der Waals surface area contributed by atoms with Gasteiger partial charge in [0.15, 0.2) is 0 Å². The number of carbonyl (C=O) groups is 1. The summed E-state index contributed by atoms with van der Waals surface area (Å²) in [7, 11) is 1.71. The molecular formula is C24H28O3. The first kappa shape index (κ1) is 20.5. The van der Waals surface area contributed by atoms with Crippen LogP contribution in [0.15, 0.2) is 54.1 Å². The summed E-state index contributed by atoms with van der Waals surface area (Å²) >= 11 is 0. The molecule has 0 saturated carbocycles. The number of allylic oxidation sites excluding steroid dienone is 5. The first-order valence-electron chi connectivity index (χ1n) is 9.15. The van der Waals surface area contributed by atoms with Crippen LogP contribution in [0, 0.1) is 13.8 Å². The largest absolute Gasteiger partial charge is 0.496 e. The summed E-state index contributed by atoms with van der Waals surface area (Å²) in [5, 5.41) is 2.45. The van der Waals surface area contributed by atoms with Crippen LogP contribution in [0.3, 0.4) is 0 Å². The minimum atomic E-state index is -0.309. The lowest BCUT2D eigenvalue weighted by Crippen LogP contribution is -1.99. The van der Waals surface area contributed by atoms with Crippen LogP contribution in [0.1, 0.15) is 37.5 Å². The van der Waals surface area contributed by atoms with E-state index in [9.17, 15) is 4.79 Å². The highest BCUT2D eigenvalue weighted by Gasteiger charge is 2.08. The quantitative estimate of drug-likeness (QED) is 0.362. The van der Waals surface area contributed by atoms with E-state index in [2.05, 4.69) is 51.1 Å². The average Bonchev–Trinajstić information content (AvgIpc) is 2.64. The number of rotatable bonds is 6. The number of carbonyl (C=O) groups excluding carboxylic acids is 1. The Kier molecular flexibility index (Phi) is 7.00. The van der Waals surface area contributed by atoms with Gasteiger partial charge in [0, 0.05) is 6.08 Å². The molecule has 0 heterocycles. The summed E-state index contributed by atoms with van der Waals surface area (Å²) in [4.78, 5) is 11.4. The molecule has 0 N–H and O–H groups in total. The Morgan fingerprint density at radius 1 is 1.11 bits per heavy atom. The standard InChI is InChI=1S/C24H28O3/c1-7-27-24(25)13-16(2)9-8-10-17(3)20-11-12-21-19(5)23(26-6)14-18(4)22(21)15-20/h8-15H,7H2,1-6H3/b9-8+,16-13?,17-10?. The molecule has 0 saturated heterocycles. The second kappa shape index (κ2) is 9.22. The minimum Gasteiger partial charge on any atom is -0.496 e. The summed E-state index contributed by atoms with van der Waals surface area (Å²) in [6.45, 7) is 10.3. The van der Waals surface area contributed by atoms with Gasteiger partial charge in [0.05, 0.1) is 13.7 Å². The van der Waals surface area contributed by atoms with E-state index in [1.54, 1.807) is 14.0 Å². The summed E-state index contributed by atoms with van der Waals surface area (Å²) in [6, 6.07) is 8.60. The third kappa shape index (κ3) is 5.10. The van der Waals surface area contributed by atoms with Crippen LogP contribution in [0.4, 0.5) is 0 Å². The highest BCUT2D eigenvalue weighted by molar-refractivity contribution is 5.92. The van der Waals surface area contributed by atoms with Gasteiger partial charge in [0.1, 0.15) is 5.75 Å². The molecule has 0 aliphatic rings. The van der Waals surface area contributed by atoms with Gasteiger partial charge in [0.25, 0.3) is 0 Å². The van der Waals surface area contributed by atoms with Gasteiger partial charge in [-0.05, 0) is 85.4 Å². The smallest absolute Gasteiger partial charge is 0.330 e. The summed E-state index contributed by atoms with van der Waals surface area (Å²) in [5.74, 6) is 0.614. The van der Waals surface area contributed by atoms with Gasteiger partial charge in [-0.3, -0.25) is 0 Å². The number of ether oxygens (including phenoxy) is 2. The van der Waals surface area contributed by atoms with Gasteiger partial charge < -0.3 is 9.47 Å². The number of esters is 1. The molecule has 0 unspecified atom stereocenters. The molecule has 2 aromatic carbocycles. The fourth-order valence-corrected chi connectivity index (χ4v) is 3.03. The van der Waals surface area contributed by atoms with E-state index in [4.69, 9.17) is 9.47 Å². The minimum absolute atomic E-state index is 0.309. The molecular weight excluding hydrogens is 336 g/mol. The van der Waals surface area contributed by atoms with Crippen LogP contribution in [-0.2, 0) is 9.53 Å². The van der Waals surface area contributed by atoms with Gasteiger partial charge >= 0.3 is 5.97 Å². The molecule has 2 rings (SSSR count). The Bertz CT molecular complexity index is 930. The first-order valence-corrected chi connectivity index (χ1v) is 9.15. The molecule has 0 atom stereocenters. The molecule has 0 aromatic heterocycles. The highest BCUT2D eigenvalue weighted by Crippen LogP contribution is 2.32. The Hall–Kier alpha value is -2.81. The van der Waals surface area contributed by atoms with E-state index in [-0.39, 0.29) is 5.97 Å². The van der Waals surface area contributed by atoms with Crippen molar-refractivity contribution in [3.05, 3.63) is 70.8 Å². The van der Waals surface area contributed by atoms with Crippen molar-refractivity contribution in [3.8, 4) is 5.75 Å². The third-order valence-electron chi connectivity index (χ3n) is 4.58. The molecule has 0 bridgehead atoms. The second-order valence-corrected chi connectivity index (χ2v) is 6.63. The number of fused-ring (bicyclic) bond motifs is 1. The van der Waals surface area contributed by atoms with Crippen LogP contribution in [0.5, 0.6) is 5.75 Å². The van der Waals surface area contributed by atoms with Crippen LogP contribution in [0.25, 0.3) is 16.3 Å². The molecule has 3 nitrogen and oxygen atoms in total. The average molecular weight is 364 g/mol. The van der Waals surface area contributed by atoms with Gasteiger partial charge in [0.2, 0.25) is 0 Å². The molecule has 0 fully saturated rings. The maximum atomic E-state index is 11.4. The van der Waals surface area contributed by atoms with E-state index < -0.39 is 0 Å². The van der Waals surface area contributed by atoms with Crippen molar-refractivity contribution in [2.75, 3.05) is 13.7 Å². The zero-order valence-corrected chi connectivity index (χ0v) is 17.1. The van der Waals surface area contributed by atoms with Crippen molar-refractivity contribution in [1.82, 2.24) is 0 Å². The van der Waals surface area contributed by atoms with Crippen molar-refractivity contribution in [3.63, 3.8) is 0 Å². The van der Waals surface area contributed by atoms with Crippen molar-refractivity contribution in [2.45, 2.75) is 34.6 Å². The maximum Gasteiger partial charge on any atom is 0.330 e. The molecule has 142 valence electrons. The van der Waals surface area contributed by atoms with Crippen LogP contribution in [0.2, 0.25) is 0 Å². The monoisotopic (exact) mass is 364 g/mol. The molecule has 27 heavy (non-hydrogen) atoms. The van der Waals surface area contributed by atoms with Crippen molar-refractivity contribution in [1.29, 1.82) is 0 Å². The van der Waals surface area contributed by atoms with E-state index in [1.807, 2.05) is 19.1 Å². The Morgan fingerprint density at radius 3 is 2.52 bits per heavy atom. The SMILES string of the molecule is CCOC(=O)C=C(C)/C=C/C=C(C)c1ccc2c(C)c(OC)cc(C)c2c1. The van der Waals surface area contributed by atoms with Crippen LogP contribution < -0.4 is 4.74 Å². The maximum absolute atomic E-state index is 11.4. The van der Waals surface area contributed by atoms with Crippen molar-refractivity contribution < 1.29 is 14.3 Å². The van der Waals surface area contributed by atoms with E-state index in [1.165, 1.54) is 28.0 Å². The van der Waals surface area contributed by atoms with Gasteiger partial charge in [-0.25, -0.2) is 4.79 Å². The van der Waals surface area contributed by atoms with E-state index >= 15 is 0 Å². The highest BCUT2D eigenvalue weighted by atomic mass is 16.5. The number of hydrogen-bond acceptors (Lipinski definition) is 3. The molecule has 0 aliphatic heterocycles. The zero-order valence-electron chi connectivity index (χ0n) is 17.1. The summed E-state index contributed by atoms with van der Waals surface area (Å²) in [5.41, 5.74) is 5.54. The Labute approximate surface area is 162 Å². The molecule has 0 spiro atoms. The van der Waals surface area contributed by atoms with Crippen molar-refractivity contribution in [2.24, 2.45) is 0 Å². The van der Waals surface area contributed by atoms with Crippen LogP contribution >= 0.6 is 0 Å². The lowest BCUT2D eigenvalue weighted by atomic mass is 9.96. The Morgan fingerprint density at radius 2 is 1.85 bits per heavy atom. The first-order chi connectivity index (χ1) is 12.9. The fraction of sp³-hybridized carbons (Fsp3) is 0.292. The lowest BCUT2D eigenvalue weighted by Gasteiger charge is -2.12. The zero-order chi connectivity index (χ0) is 20.0. The van der Waals surface area contributed by atoms with Crippen LogP contribution in [-0.4, -0.2) is 19.7 Å². The van der Waals surface area contributed by atoms with Crippen molar-refractivity contribution >= 4 is 22.3 Å². The van der Waals surface area contributed by atoms with E-state index in [0.29, 0.717) is 6.61 Å². The van der Waals surface area contributed by atoms with Gasteiger partial charge in [-0.2, -0.15) is 0 Å². The number of hydrogen-bond donors (Lipinski definition) is 0. The van der Waals surface area contributed by atoms with Gasteiger partial charge in [-0.1, -0.05) is 30.4 Å². The summed E-state index contributed by atoms with van der Waals surface area (Å²) in [6.07, 6.45) is 7.41. The molecule has 0 radical (unpaired) electrons. The van der Waals surface area contributed by atoms with Gasteiger partial charge in [-0.15, -0.1) is 0 Å². The predicted octanol–water partition coefficient (Wildman–Crippen LogP) is 5.93. The third-order valence-corrected chi connectivity index (χ3v) is 4.58. The molecule has 0 aliphatic carbocycles. The molecule has 3 heteroatoms.